The Morgan fingerprint density at radius 3 is 2.88 bits per heavy atom. The van der Waals surface area contributed by atoms with Crippen molar-refractivity contribution in [2.24, 2.45) is 7.05 Å². The number of carbonyl (C=O) groups is 1. The minimum Gasteiger partial charge on any atom is -0.493 e. The smallest absolute Gasteiger partial charge is 0.319 e. The Balaban J connectivity index is 1.70. The van der Waals surface area contributed by atoms with Gasteiger partial charge in [0.25, 0.3) is 5.56 Å². The van der Waals surface area contributed by atoms with Crippen molar-refractivity contribution in [3.05, 3.63) is 58.0 Å². The SMILES string of the molecule is Cc1ccn(C)c(=O)c1NC(=O)N[C@H](C)[C@H]1COc2ccccc21. The largest absolute Gasteiger partial charge is 0.493 e. The molecule has 3 rings (SSSR count). The number of nitrogens with one attached hydrogen (secondary N) is 2. The number of ether oxygens (including phenoxy) is 1. The van der Waals surface area contributed by atoms with Crippen LogP contribution in [0.5, 0.6) is 5.75 Å². The van der Waals surface area contributed by atoms with Crippen molar-refractivity contribution in [1.82, 2.24) is 9.88 Å². The second kappa shape index (κ2) is 6.39. The predicted octanol–water partition coefficient (Wildman–Crippen LogP) is 2.38. The van der Waals surface area contributed by atoms with E-state index in [0.717, 1.165) is 16.9 Å². The Hall–Kier alpha value is -2.76. The summed E-state index contributed by atoms with van der Waals surface area (Å²) < 4.78 is 7.10. The van der Waals surface area contributed by atoms with E-state index in [4.69, 9.17) is 4.74 Å². The molecule has 0 spiro atoms. The third-order valence-electron chi connectivity index (χ3n) is 4.41. The second-order valence-corrected chi connectivity index (χ2v) is 6.13. The van der Waals surface area contributed by atoms with Gasteiger partial charge < -0.3 is 19.9 Å². The summed E-state index contributed by atoms with van der Waals surface area (Å²) in [5, 5.41) is 5.58. The number of anilines is 1. The fraction of sp³-hybridized carbons (Fsp3) is 0.333. The molecule has 1 aromatic heterocycles. The van der Waals surface area contributed by atoms with Crippen molar-refractivity contribution in [2.45, 2.75) is 25.8 Å². The average molecular weight is 327 g/mol. The number of urea groups is 1. The van der Waals surface area contributed by atoms with E-state index in [2.05, 4.69) is 10.6 Å². The lowest BCUT2D eigenvalue weighted by Crippen LogP contribution is -2.41. The van der Waals surface area contributed by atoms with E-state index in [9.17, 15) is 9.59 Å². The van der Waals surface area contributed by atoms with Gasteiger partial charge in [-0.3, -0.25) is 4.79 Å². The molecular weight excluding hydrogens is 306 g/mol. The number of aryl methyl sites for hydroxylation is 2. The van der Waals surface area contributed by atoms with Gasteiger partial charge in [-0.05, 0) is 31.5 Å². The zero-order chi connectivity index (χ0) is 17.3. The van der Waals surface area contributed by atoms with Crippen LogP contribution in [-0.2, 0) is 7.05 Å². The Morgan fingerprint density at radius 1 is 1.33 bits per heavy atom. The zero-order valence-electron chi connectivity index (χ0n) is 14.0. The van der Waals surface area contributed by atoms with Gasteiger partial charge in [0.15, 0.2) is 0 Å². The maximum absolute atomic E-state index is 12.3. The lowest BCUT2D eigenvalue weighted by molar-refractivity contribution is 0.244. The molecule has 126 valence electrons. The molecule has 1 aliphatic rings. The summed E-state index contributed by atoms with van der Waals surface area (Å²) in [4.78, 5) is 24.4. The van der Waals surface area contributed by atoms with E-state index in [0.29, 0.717) is 12.3 Å². The van der Waals surface area contributed by atoms with Crippen LogP contribution < -0.4 is 20.9 Å². The number of amides is 2. The number of aromatic nitrogens is 1. The molecular formula is C18H21N3O3. The molecule has 2 atom stereocenters. The van der Waals surface area contributed by atoms with Gasteiger partial charge in [0.05, 0.1) is 6.61 Å². The van der Waals surface area contributed by atoms with Crippen LogP contribution in [0.1, 0.15) is 24.0 Å². The molecule has 1 aromatic carbocycles. The Bertz CT molecular complexity index is 828. The molecule has 0 unspecified atom stereocenters. The first kappa shape index (κ1) is 16.1. The molecule has 2 heterocycles. The van der Waals surface area contributed by atoms with Crippen molar-refractivity contribution in [1.29, 1.82) is 0 Å². The number of fused-ring (bicyclic) bond motifs is 1. The molecule has 0 saturated carbocycles. The van der Waals surface area contributed by atoms with Crippen molar-refractivity contribution in [3.8, 4) is 5.75 Å². The topological polar surface area (TPSA) is 72.4 Å². The predicted molar refractivity (Wildman–Crippen MR) is 92.7 cm³/mol. The quantitative estimate of drug-likeness (QED) is 0.909. The van der Waals surface area contributed by atoms with E-state index >= 15 is 0 Å². The summed E-state index contributed by atoms with van der Waals surface area (Å²) in [6.07, 6.45) is 1.68. The van der Waals surface area contributed by atoms with Crippen LogP contribution >= 0.6 is 0 Å². The molecule has 6 heteroatoms. The van der Waals surface area contributed by atoms with Gasteiger partial charge in [0.1, 0.15) is 11.4 Å². The maximum Gasteiger partial charge on any atom is 0.319 e. The van der Waals surface area contributed by atoms with Gasteiger partial charge in [-0.15, -0.1) is 0 Å². The van der Waals surface area contributed by atoms with Crippen molar-refractivity contribution < 1.29 is 9.53 Å². The summed E-state index contributed by atoms with van der Waals surface area (Å²) in [6, 6.07) is 9.12. The summed E-state index contributed by atoms with van der Waals surface area (Å²) in [5.74, 6) is 0.955. The average Bonchev–Trinajstić information content (AvgIpc) is 2.99. The monoisotopic (exact) mass is 327 g/mol. The van der Waals surface area contributed by atoms with Gasteiger partial charge in [-0.25, -0.2) is 4.79 Å². The summed E-state index contributed by atoms with van der Waals surface area (Å²) in [5.41, 5.74) is 1.90. The Labute approximate surface area is 140 Å². The normalized spacial score (nSPS) is 16.9. The van der Waals surface area contributed by atoms with Crippen molar-refractivity contribution in [3.63, 3.8) is 0 Å². The molecule has 0 bridgehead atoms. The molecule has 0 fully saturated rings. The molecule has 0 radical (unpaired) electrons. The Morgan fingerprint density at radius 2 is 2.08 bits per heavy atom. The van der Waals surface area contributed by atoms with Crippen LogP contribution in [0.3, 0.4) is 0 Å². The molecule has 6 nitrogen and oxygen atoms in total. The minimum atomic E-state index is -0.390. The second-order valence-electron chi connectivity index (χ2n) is 6.13. The summed E-state index contributed by atoms with van der Waals surface area (Å²) in [6.45, 7) is 4.26. The number of pyridine rings is 1. The van der Waals surface area contributed by atoms with E-state index in [1.54, 1.807) is 26.2 Å². The number of nitrogens with zero attached hydrogens (tertiary/aromatic N) is 1. The minimum absolute atomic E-state index is 0.0895. The number of carbonyl (C=O) groups excluding carboxylic acids is 1. The van der Waals surface area contributed by atoms with Crippen LogP contribution in [-0.4, -0.2) is 23.2 Å². The molecule has 0 aliphatic carbocycles. The van der Waals surface area contributed by atoms with Crippen LogP contribution in [0, 0.1) is 6.92 Å². The third-order valence-corrected chi connectivity index (χ3v) is 4.41. The highest BCUT2D eigenvalue weighted by Gasteiger charge is 2.29. The number of para-hydroxylation sites is 1. The van der Waals surface area contributed by atoms with Gasteiger partial charge in [-0.1, -0.05) is 18.2 Å². The van der Waals surface area contributed by atoms with E-state index < -0.39 is 6.03 Å². The molecule has 0 saturated heterocycles. The van der Waals surface area contributed by atoms with E-state index in [1.165, 1.54) is 4.57 Å². The first-order valence-corrected chi connectivity index (χ1v) is 7.93. The molecule has 1 aliphatic heterocycles. The van der Waals surface area contributed by atoms with E-state index in [-0.39, 0.29) is 17.5 Å². The standard InChI is InChI=1S/C18H21N3O3/c1-11-8-9-21(3)17(22)16(11)20-18(23)19-12(2)14-10-24-15-7-5-4-6-13(14)15/h4-9,12,14H,10H2,1-3H3,(H2,19,20,23)/t12-,14-/m1/s1. The van der Waals surface area contributed by atoms with E-state index in [1.807, 2.05) is 31.2 Å². The van der Waals surface area contributed by atoms with Gasteiger partial charge in [0.2, 0.25) is 0 Å². The van der Waals surface area contributed by atoms with Crippen LogP contribution in [0.25, 0.3) is 0 Å². The first-order valence-electron chi connectivity index (χ1n) is 7.93. The Kier molecular flexibility index (Phi) is 4.29. The van der Waals surface area contributed by atoms with Crippen LogP contribution in [0.4, 0.5) is 10.5 Å². The molecule has 2 N–H and O–H groups in total. The highest BCUT2D eigenvalue weighted by Crippen LogP contribution is 2.35. The zero-order valence-corrected chi connectivity index (χ0v) is 14.0. The molecule has 2 amide bonds. The van der Waals surface area contributed by atoms with Gasteiger partial charge >= 0.3 is 6.03 Å². The van der Waals surface area contributed by atoms with Crippen molar-refractivity contribution in [2.75, 3.05) is 11.9 Å². The van der Waals surface area contributed by atoms with Gasteiger partial charge in [0, 0.05) is 30.8 Å². The van der Waals surface area contributed by atoms with Crippen molar-refractivity contribution >= 4 is 11.7 Å². The number of hydrogen-bond donors (Lipinski definition) is 2. The lowest BCUT2D eigenvalue weighted by Gasteiger charge is -2.20. The fourth-order valence-electron chi connectivity index (χ4n) is 2.93. The van der Waals surface area contributed by atoms with Crippen LogP contribution in [0.2, 0.25) is 0 Å². The van der Waals surface area contributed by atoms with Crippen LogP contribution in [0.15, 0.2) is 41.3 Å². The molecule has 24 heavy (non-hydrogen) atoms. The summed E-state index contributed by atoms with van der Waals surface area (Å²) >= 11 is 0. The maximum atomic E-state index is 12.3. The number of rotatable bonds is 3. The highest BCUT2D eigenvalue weighted by atomic mass is 16.5. The summed E-state index contributed by atoms with van der Waals surface area (Å²) in [7, 11) is 1.65. The number of benzene rings is 1. The highest BCUT2D eigenvalue weighted by molar-refractivity contribution is 5.90. The lowest BCUT2D eigenvalue weighted by atomic mass is 9.94. The number of hydrogen-bond acceptors (Lipinski definition) is 3. The molecule has 2 aromatic rings. The van der Waals surface area contributed by atoms with Gasteiger partial charge in [-0.2, -0.15) is 0 Å². The fourth-order valence-corrected chi connectivity index (χ4v) is 2.93. The first-order chi connectivity index (χ1) is 11.5. The third kappa shape index (κ3) is 2.99.